The van der Waals surface area contributed by atoms with Gasteiger partial charge in [0.2, 0.25) is 17.6 Å². The van der Waals surface area contributed by atoms with Crippen LogP contribution in [0.15, 0.2) is 70.4 Å². The molecule has 10 heteroatoms. The highest BCUT2D eigenvalue weighted by Crippen LogP contribution is 2.40. The summed E-state index contributed by atoms with van der Waals surface area (Å²) in [5.41, 5.74) is 3.03. The first kappa shape index (κ1) is 20.7. The van der Waals surface area contributed by atoms with Crippen LogP contribution in [0.4, 0.5) is 5.95 Å². The number of carbonyl (C=O) groups excluding carboxylic acids is 2. The van der Waals surface area contributed by atoms with Crippen molar-refractivity contribution in [1.82, 2.24) is 14.9 Å². The molecule has 2 amide bonds. The van der Waals surface area contributed by atoms with Crippen molar-refractivity contribution in [2.45, 2.75) is 31.7 Å². The third-order valence-corrected chi connectivity index (χ3v) is 7.06. The fourth-order valence-electron chi connectivity index (χ4n) is 5.28. The van der Waals surface area contributed by atoms with E-state index in [4.69, 9.17) is 10.8 Å². The fraction of sp³-hybridized carbons (Fsp3) is 0.292. The van der Waals surface area contributed by atoms with Crippen molar-refractivity contribution in [2.75, 3.05) is 11.9 Å². The zero-order chi connectivity index (χ0) is 23.3. The Bertz CT molecular complexity index is 1270. The predicted octanol–water partition coefficient (Wildman–Crippen LogP) is 2.28. The first-order valence-corrected chi connectivity index (χ1v) is 11.5. The third-order valence-electron chi connectivity index (χ3n) is 7.06. The van der Waals surface area contributed by atoms with Gasteiger partial charge in [0.05, 0.1) is 18.0 Å². The van der Waals surface area contributed by atoms with Gasteiger partial charge in [0.25, 0.3) is 11.7 Å². The second-order valence-electron chi connectivity index (χ2n) is 9.04. The topological polar surface area (TPSA) is 129 Å². The zero-order valence-corrected chi connectivity index (χ0v) is 18.5. The van der Waals surface area contributed by atoms with Crippen LogP contribution in [0.25, 0.3) is 0 Å². The van der Waals surface area contributed by atoms with Gasteiger partial charge in [-0.25, -0.2) is 4.98 Å². The molecule has 1 aromatic heterocycles. The van der Waals surface area contributed by atoms with Crippen LogP contribution < -0.4 is 11.2 Å². The summed E-state index contributed by atoms with van der Waals surface area (Å²) in [5.74, 6) is 8.00. The summed E-state index contributed by atoms with van der Waals surface area (Å²) in [6.07, 6.45) is 12.0. The molecule has 34 heavy (non-hydrogen) atoms. The molecule has 10 nitrogen and oxygen atoms in total. The van der Waals surface area contributed by atoms with E-state index in [0.29, 0.717) is 36.4 Å². The number of carbonyl (C=O) groups is 2. The van der Waals surface area contributed by atoms with Crippen LogP contribution in [-0.4, -0.2) is 55.9 Å². The molecule has 2 fully saturated rings. The Balaban J connectivity index is 1.29. The summed E-state index contributed by atoms with van der Waals surface area (Å²) < 4.78 is -0.0787. The van der Waals surface area contributed by atoms with Crippen LogP contribution in [0.2, 0.25) is 0 Å². The number of hydrogen-bond donors (Lipinski definition) is 3. The molecule has 0 radical (unpaired) electrons. The number of hydrogen-bond acceptors (Lipinski definition) is 6. The number of H-pyrrole nitrogens is 1. The van der Waals surface area contributed by atoms with Gasteiger partial charge in [-0.3, -0.25) is 19.9 Å². The van der Waals surface area contributed by atoms with Crippen molar-refractivity contribution >= 4 is 29.8 Å². The number of amidine groups is 1. The Morgan fingerprint density at radius 3 is 2.85 bits per heavy atom. The number of aromatic amines is 1. The molecule has 6 rings (SSSR count). The van der Waals surface area contributed by atoms with E-state index in [1.807, 2.05) is 23.2 Å². The number of fused-ring (bicyclic) bond motifs is 2. The minimum absolute atomic E-state index is 0.0787. The van der Waals surface area contributed by atoms with Gasteiger partial charge >= 0.3 is 0 Å². The lowest BCUT2D eigenvalue weighted by Crippen LogP contribution is -2.53. The number of nitrogens with two attached hydrogens (primary N) is 1. The van der Waals surface area contributed by atoms with Crippen LogP contribution >= 0.6 is 0 Å². The number of allylic oxidation sites excluding steroid dienone is 1. The van der Waals surface area contributed by atoms with Crippen LogP contribution in [0.3, 0.4) is 0 Å². The zero-order valence-electron chi connectivity index (χ0n) is 18.5. The lowest BCUT2D eigenvalue weighted by molar-refractivity contribution is -0.750. The molecule has 0 saturated carbocycles. The summed E-state index contributed by atoms with van der Waals surface area (Å²) in [6.45, 7) is 0.669. The number of imidazole rings is 1. The first-order valence-electron chi connectivity index (χ1n) is 11.5. The van der Waals surface area contributed by atoms with Gasteiger partial charge in [-0.1, -0.05) is 0 Å². The minimum atomic E-state index is -0.261. The number of benzene rings is 1. The highest BCUT2D eigenvalue weighted by Gasteiger charge is 2.47. The van der Waals surface area contributed by atoms with Crippen LogP contribution in [0.5, 0.6) is 0 Å². The number of aromatic nitrogens is 2. The van der Waals surface area contributed by atoms with Crippen molar-refractivity contribution in [3.63, 3.8) is 0 Å². The summed E-state index contributed by atoms with van der Waals surface area (Å²) >= 11 is 0. The Morgan fingerprint density at radius 2 is 2.06 bits per heavy atom. The van der Waals surface area contributed by atoms with Gasteiger partial charge < -0.3 is 9.88 Å². The molecule has 0 bridgehead atoms. The predicted molar refractivity (Wildman–Crippen MR) is 126 cm³/mol. The van der Waals surface area contributed by atoms with Crippen molar-refractivity contribution in [3.05, 3.63) is 71.6 Å². The van der Waals surface area contributed by atoms with E-state index >= 15 is 0 Å². The normalized spacial score (nSPS) is 27.6. The smallest absolute Gasteiger partial charge is 0.264 e. The summed E-state index contributed by atoms with van der Waals surface area (Å²) in [5, 5.41) is 2.72. The standard InChI is InChI=1S/C24H24N8O2/c25-32-12-11-26-13-19(32)21(17-5-6-18-7-8-20(33)31(18)14-17)29-22(32)15-1-3-16(4-2-15)23(34)30-24-27-9-10-28-24/h1-4,9-13,17-18H,5-8,14,25H2,(H-,26,27,28,29,30,34)/p+1/t17-,18+,32?/m1/s1. The van der Waals surface area contributed by atoms with Gasteiger partial charge in [-0.05, 0) is 43.5 Å². The first-order chi connectivity index (χ1) is 16.5. The molecule has 5 heterocycles. The van der Waals surface area contributed by atoms with Crippen LogP contribution in [-0.2, 0) is 4.79 Å². The third kappa shape index (κ3) is 3.30. The van der Waals surface area contributed by atoms with E-state index in [1.165, 1.54) is 0 Å². The lowest BCUT2D eigenvalue weighted by Gasteiger charge is -2.35. The molecule has 4 aliphatic heterocycles. The second kappa shape index (κ2) is 7.86. The monoisotopic (exact) mass is 457 g/mol. The van der Waals surface area contributed by atoms with Crippen molar-refractivity contribution in [3.8, 4) is 0 Å². The molecule has 1 unspecified atom stereocenters. The molecular formula is C24H25N8O2+. The fourth-order valence-corrected chi connectivity index (χ4v) is 5.28. The molecular weight excluding hydrogens is 432 g/mol. The average Bonchev–Trinajstić information content (AvgIpc) is 3.57. The number of nitrogens with one attached hydrogen (secondary N) is 2. The number of nitrogens with zero attached hydrogens (tertiary/aromatic N) is 5. The highest BCUT2D eigenvalue weighted by atomic mass is 16.2. The van der Waals surface area contributed by atoms with E-state index < -0.39 is 0 Å². The van der Waals surface area contributed by atoms with E-state index in [9.17, 15) is 9.59 Å². The molecule has 0 spiro atoms. The Morgan fingerprint density at radius 1 is 1.21 bits per heavy atom. The summed E-state index contributed by atoms with van der Waals surface area (Å²) in [7, 11) is 0. The SMILES string of the molecule is N[N+]12C=CN=CC1=C([C@@H]1CC[C@H]3CCC(=O)N3C1)N=C2c1ccc(C(=O)Nc2ncc[nH]2)cc1. The number of quaternary nitrogens is 1. The number of anilines is 1. The van der Waals surface area contributed by atoms with E-state index in [2.05, 4.69) is 20.3 Å². The van der Waals surface area contributed by atoms with Crippen molar-refractivity contribution in [2.24, 2.45) is 21.7 Å². The molecule has 4 aliphatic rings. The molecule has 2 aromatic rings. The average molecular weight is 458 g/mol. The van der Waals surface area contributed by atoms with Gasteiger partial charge in [0.1, 0.15) is 11.9 Å². The van der Waals surface area contributed by atoms with Crippen molar-refractivity contribution in [1.29, 1.82) is 0 Å². The summed E-state index contributed by atoms with van der Waals surface area (Å²) in [4.78, 5) is 43.1. The quantitative estimate of drug-likeness (QED) is 0.480. The number of rotatable bonds is 4. The van der Waals surface area contributed by atoms with Gasteiger partial charge in [-0.15, -0.1) is 4.59 Å². The van der Waals surface area contributed by atoms with Crippen LogP contribution in [0, 0.1) is 5.92 Å². The van der Waals surface area contributed by atoms with E-state index in [0.717, 1.165) is 36.2 Å². The minimum Gasteiger partial charge on any atom is -0.339 e. The second-order valence-corrected chi connectivity index (χ2v) is 9.04. The van der Waals surface area contributed by atoms with Crippen LogP contribution in [0.1, 0.15) is 41.6 Å². The maximum atomic E-state index is 12.5. The maximum absolute atomic E-state index is 12.5. The molecule has 4 N–H and O–H groups in total. The number of aliphatic imine (C=N–C) groups is 2. The molecule has 2 saturated heterocycles. The van der Waals surface area contributed by atoms with Crippen molar-refractivity contribution < 1.29 is 14.2 Å². The van der Waals surface area contributed by atoms with E-state index in [1.54, 1.807) is 36.9 Å². The van der Waals surface area contributed by atoms with Gasteiger partial charge in [0.15, 0.2) is 0 Å². The maximum Gasteiger partial charge on any atom is 0.264 e. The molecule has 1 aromatic carbocycles. The largest absolute Gasteiger partial charge is 0.339 e. The van der Waals surface area contributed by atoms with Gasteiger partial charge in [0, 0.05) is 42.9 Å². The summed E-state index contributed by atoms with van der Waals surface area (Å²) in [6, 6.07) is 7.55. The number of amides is 2. The lowest BCUT2D eigenvalue weighted by atomic mass is 9.90. The molecule has 3 atom stereocenters. The van der Waals surface area contributed by atoms with E-state index in [-0.39, 0.29) is 22.3 Å². The van der Waals surface area contributed by atoms with Gasteiger partial charge in [-0.2, -0.15) is 10.8 Å². The molecule has 172 valence electrons. The Kier molecular flexibility index (Phi) is 4.78. The highest BCUT2D eigenvalue weighted by molar-refractivity contribution is 6.05. The Labute approximate surface area is 196 Å². The Hall–Kier alpha value is -3.89. The number of piperidine rings is 1. The molecule has 0 aliphatic carbocycles.